The Balaban J connectivity index is 2.30. The van der Waals surface area contributed by atoms with Gasteiger partial charge in [-0.1, -0.05) is 12.1 Å². The van der Waals surface area contributed by atoms with Crippen LogP contribution in [-0.2, 0) is 14.8 Å². The minimum Gasteiger partial charge on any atom is -0.380 e. The first-order valence-corrected chi connectivity index (χ1v) is 7.30. The average molecular weight is 268 g/mol. The molecule has 1 heterocycles. The Kier molecular flexibility index (Phi) is 3.68. The Bertz CT molecular complexity index is 566. The van der Waals surface area contributed by atoms with Gasteiger partial charge in [0.15, 0.2) is 0 Å². The van der Waals surface area contributed by atoms with E-state index in [9.17, 15) is 8.42 Å². The molecule has 1 unspecified atom stereocenters. The number of benzene rings is 1. The molecule has 0 aromatic heterocycles. The molecule has 1 aromatic rings. The molecule has 1 aromatic carbocycles. The molecule has 0 radical (unpaired) electrons. The third-order valence-corrected chi connectivity index (χ3v) is 3.97. The standard InChI is InChI=1S/C12H16N2O3S/c1-3-17-8-9(2)13-12-10-6-4-5-7-11(10)18(15,16)14-12/h4-7,9H,3,8H2,1-2H3,(H,13,14). The van der Waals surface area contributed by atoms with E-state index in [0.717, 1.165) is 0 Å². The fraction of sp³-hybridized carbons (Fsp3) is 0.417. The van der Waals surface area contributed by atoms with Crippen molar-refractivity contribution >= 4 is 15.9 Å². The SMILES string of the molecule is CCOCC(C)N=C1NS(=O)(=O)c2ccccc21. The molecule has 0 saturated carbocycles. The molecule has 0 fully saturated rings. The normalized spacial score (nSPS) is 20.4. The maximum absolute atomic E-state index is 11.8. The van der Waals surface area contributed by atoms with Crippen molar-refractivity contribution in [3.63, 3.8) is 0 Å². The number of fused-ring (bicyclic) bond motifs is 1. The zero-order valence-electron chi connectivity index (χ0n) is 10.4. The quantitative estimate of drug-likeness (QED) is 0.890. The molecular weight excluding hydrogens is 252 g/mol. The summed E-state index contributed by atoms with van der Waals surface area (Å²) in [7, 11) is -3.44. The molecule has 1 aliphatic rings. The lowest BCUT2D eigenvalue weighted by molar-refractivity contribution is 0.137. The molecule has 0 amide bonds. The number of sulfonamides is 1. The summed E-state index contributed by atoms with van der Waals surface area (Å²) < 4.78 is 31.4. The van der Waals surface area contributed by atoms with E-state index in [1.807, 2.05) is 13.8 Å². The van der Waals surface area contributed by atoms with Crippen molar-refractivity contribution in [3.8, 4) is 0 Å². The van der Waals surface area contributed by atoms with Crippen LogP contribution >= 0.6 is 0 Å². The number of rotatable bonds is 4. The van der Waals surface area contributed by atoms with Crippen molar-refractivity contribution in [2.45, 2.75) is 24.8 Å². The summed E-state index contributed by atoms with van der Waals surface area (Å²) in [5, 5.41) is 0. The molecule has 1 atom stereocenters. The first kappa shape index (κ1) is 13.0. The molecule has 2 rings (SSSR count). The van der Waals surface area contributed by atoms with Crippen molar-refractivity contribution in [1.82, 2.24) is 4.72 Å². The highest BCUT2D eigenvalue weighted by atomic mass is 32.2. The van der Waals surface area contributed by atoms with Gasteiger partial charge in [0.1, 0.15) is 5.84 Å². The van der Waals surface area contributed by atoms with Gasteiger partial charge in [0.05, 0.1) is 17.5 Å². The van der Waals surface area contributed by atoms with Crippen LogP contribution in [0.1, 0.15) is 19.4 Å². The molecule has 0 bridgehead atoms. The van der Waals surface area contributed by atoms with Crippen LogP contribution < -0.4 is 4.72 Å². The Morgan fingerprint density at radius 1 is 1.39 bits per heavy atom. The van der Waals surface area contributed by atoms with Crippen LogP contribution in [0.2, 0.25) is 0 Å². The molecule has 1 aliphatic heterocycles. The Morgan fingerprint density at radius 3 is 2.83 bits per heavy atom. The van der Waals surface area contributed by atoms with E-state index < -0.39 is 10.0 Å². The average Bonchev–Trinajstić information content (AvgIpc) is 2.59. The highest BCUT2D eigenvalue weighted by Crippen LogP contribution is 2.22. The molecule has 0 spiro atoms. The second kappa shape index (κ2) is 5.07. The van der Waals surface area contributed by atoms with Crippen molar-refractivity contribution in [1.29, 1.82) is 0 Å². The number of hydrogen-bond acceptors (Lipinski definition) is 4. The molecule has 0 aliphatic carbocycles. The van der Waals surface area contributed by atoms with Crippen molar-refractivity contribution in [3.05, 3.63) is 29.8 Å². The van der Waals surface area contributed by atoms with Gasteiger partial charge in [-0.05, 0) is 26.0 Å². The van der Waals surface area contributed by atoms with Gasteiger partial charge in [-0.15, -0.1) is 0 Å². The number of amidine groups is 1. The van der Waals surface area contributed by atoms with Gasteiger partial charge < -0.3 is 4.74 Å². The fourth-order valence-corrected chi connectivity index (χ4v) is 3.01. The summed E-state index contributed by atoms with van der Waals surface area (Å²) >= 11 is 0. The van der Waals surface area contributed by atoms with Crippen molar-refractivity contribution in [2.75, 3.05) is 13.2 Å². The van der Waals surface area contributed by atoms with Crippen LogP contribution in [0.4, 0.5) is 0 Å². The number of ether oxygens (including phenoxy) is 1. The zero-order chi connectivity index (χ0) is 13.2. The highest BCUT2D eigenvalue weighted by molar-refractivity contribution is 7.90. The largest absolute Gasteiger partial charge is 0.380 e. The van der Waals surface area contributed by atoms with Gasteiger partial charge in [0.2, 0.25) is 0 Å². The lowest BCUT2D eigenvalue weighted by Crippen LogP contribution is -2.24. The smallest absolute Gasteiger partial charge is 0.263 e. The fourth-order valence-electron chi connectivity index (χ4n) is 1.78. The van der Waals surface area contributed by atoms with Crippen molar-refractivity contribution < 1.29 is 13.2 Å². The van der Waals surface area contributed by atoms with Gasteiger partial charge in [-0.25, -0.2) is 8.42 Å². The van der Waals surface area contributed by atoms with E-state index in [0.29, 0.717) is 24.6 Å². The first-order chi connectivity index (χ1) is 8.54. The Morgan fingerprint density at radius 2 is 2.11 bits per heavy atom. The van der Waals surface area contributed by atoms with Gasteiger partial charge in [0.25, 0.3) is 10.0 Å². The van der Waals surface area contributed by atoms with E-state index in [-0.39, 0.29) is 10.9 Å². The summed E-state index contributed by atoms with van der Waals surface area (Å²) in [4.78, 5) is 4.64. The molecule has 0 saturated heterocycles. The van der Waals surface area contributed by atoms with Crippen LogP contribution in [0.3, 0.4) is 0 Å². The van der Waals surface area contributed by atoms with E-state index >= 15 is 0 Å². The lowest BCUT2D eigenvalue weighted by Gasteiger charge is -2.07. The van der Waals surface area contributed by atoms with Crippen molar-refractivity contribution in [2.24, 2.45) is 4.99 Å². The van der Waals surface area contributed by atoms with E-state index in [1.54, 1.807) is 24.3 Å². The number of hydrogen-bond donors (Lipinski definition) is 1. The molecule has 98 valence electrons. The van der Waals surface area contributed by atoms with E-state index in [4.69, 9.17) is 4.74 Å². The number of aliphatic imine (C=N–C) groups is 1. The van der Waals surface area contributed by atoms with Crippen LogP contribution in [0, 0.1) is 0 Å². The predicted molar refractivity (Wildman–Crippen MR) is 69.3 cm³/mol. The van der Waals surface area contributed by atoms with Crippen LogP contribution in [0.15, 0.2) is 34.2 Å². The van der Waals surface area contributed by atoms with Gasteiger partial charge in [-0.2, -0.15) is 0 Å². The molecular formula is C12H16N2O3S. The zero-order valence-corrected chi connectivity index (χ0v) is 11.2. The summed E-state index contributed by atoms with van der Waals surface area (Å²) in [5.41, 5.74) is 0.626. The summed E-state index contributed by atoms with van der Waals surface area (Å²) in [6.45, 7) is 4.90. The Hall–Kier alpha value is -1.40. The van der Waals surface area contributed by atoms with Gasteiger partial charge in [-0.3, -0.25) is 9.71 Å². The minimum absolute atomic E-state index is 0.0891. The van der Waals surface area contributed by atoms with E-state index in [1.165, 1.54) is 0 Å². The third-order valence-electron chi connectivity index (χ3n) is 2.58. The maximum Gasteiger partial charge on any atom is 0.263 e. The maximum atomic E-state index is 11.8. The predicted octanol–water partition coefficient (Wildman–Crippen LogP) is 1.15. The lowest BCUT2D eigenvalue weighted by atomic mass is 10.2. The summed E-state index contributed by atoms with van der Waals surface area (Å²) in [6.07, 6.45) is 0. The molecule has 6 heteroatoms. The second-order valence-electron chi connectivity index (χ2n) is 4.09. The van der Waals surface area contributed by atoms with Crippen LogP contribution in [-0.4, -0.2) is 33.5 Å². The second-order valence-corrected chi connectivity index (χ2v) is 5.74. The summed E-state index contributed by atoms with van der Waals surface area (Å²) in [6, 6.07) is 6.73. The molecule has 5 nitrogen and oxygen atoms in total. The topological polar surface area (TPSA) is 67.8 Å². The van der Waals surface area contributed by atoms with Crippen LogP contribution in [0.5, 0.6) is 0 Å². The number of nitrogens with zero attached hydrogens (tertiary/aromatic N) is 1. The molecule has 18 heavy (non-hydrogen) atoms. The highest BCUT2D eigenvalue weighted by Gasteiger charge is 2.30. The summed E-state index contributed by atoms with van der Waals surface area (Å²) in [5.74, 6) is 0.401. The minimum atomic E-state index is -3.44. The van der Waals surface area contributed by atoms with Crippen LogP contribution in [0.25, 0.3) is 0 Å². The first-order valence-electron chi connectivity index (χ1n) is 5.82. The molecule has 1 N–H and O–H groups in total. The Labute approximate surface area is 107 Å². The van der Waals surface area contributed by atoms with Gasteiger partial charge >= 0.3 is 0 Å². The van der Waals surface area contributed by atoms with E-state index in [2.05, 4.69) is 9.71 Å². The monoisotopic (exact) mass is 268 g/mol. The van der Waals surface area contributed by atoms with Gasteiger partial charge in [0, 0.05) is 12.2 Å². The third kappa shape index (κ3) is 2.54. The number of nitrogens with one attached hydrogen (secondary N) is 1.